The average molecular weight is 475 g/mol. The summed E-state index contributed by atoms with van der Waals surface area (Å²) in [5, 5.41) is 3.43. The third-order valence-electron chi connectivity index (χ3n) is 6.26. The van der Waals surface area contributed by atoms with Crippen molar-refractivity contribution >= 4 is 17.6 Å². The number of hydrogen-bond donors (Lipinski definition) is 1. The van der Waals surface area contributed by atoms with E-state index in [-0.39, 0.29) is 24.6 Å². The monoisotopic (exact) mass is 474 g/mol. The van der Waals surface area contributed by atoms with E-state index in [0.717, 1.165) is 66.5 Å². The van der Waals surface area contributed by atoms with Gasteiger partial charge in [-0.2, -0.15) is 0 Å². The summed E-state index contributed by atoms with van der Waals surface area (Å²) in [6.07, 6.45) is 3.64. The van der Waals surface area contributed by atoms with Gasteiger partial charge in [-0.15, -0.1) is 0 Å². The number of rotatable bonds is 11. The minimum absolute atomic E-state index is 0.140. The Hall–Kier alpha value is -2.58. The molecule has 8 nitrogen and oxygen atoms in total. The molecule has 0 atom stereocenters. The van der Waals surface area contributed by atoms with Crippen LogP contribution in [0.3, 0.4) is 0 Å². The Morgan fingerprint density at radius 2 is 1.97 bits per heavy atom. The van der Waals surface area contributed by atoms with Gasteiger partial charge in [0.2, 0.25) is 0 Å². The minimum atomic E-state index is -0.300. The summed E-state index contributed by atoms with van der Waals surface area (Å²) in [4.78, 5) is 26.9. The standard InChI is InChI=1S/C26H38N2O6/c1-17(2)27-24-20(25(31-5)19(4)21-16-34-26(30)23(21)24)8-6-18(3)7-9-22(29)33-15-12-28-10-13-32-14-11-28/h6,17,27H,7-16H2,1-5H3/b18-6+. The lowest BCUT2D eigenvalue weighted by Gasteiger charge is -2.26. The van der Waals surface area contributed by atoms with E-state index in [4.69, 9.17) is 18.9 Å². The van der Waals surface area contributed by atoms with Gasteiger partial charge in [-0.3, -0.25) is 9.69 Å². The Labute approximate surface area is 202 Å². The van der Waals surface area contributed by atoms with Crippen molar-refractivity contribution < 1.29 is 28.5 Å². The topological polar surface area (TPSA) is 86.3 Å². The number of fused-ring (bicyclic) bond motifs is 1. The van der Waals surface area contributed by atoms with Crippen LogP contribution in [0, 0.1) is 6.92 Å². The van der Waals surface area contributed by atoms with Crippen molar-refractivity contribution in [2.45, 2.75) is 59.6 Å². The third kappa shape index (κ3) is 6.51. The van der Waals surface area contributed by atoms with Crippen LogP contribution in [-0.2, 0) is 32.0 Å². The molecule has 8 heteroatoms. The maximum Gasteiger partial charge on any atom is 0.341 e. The summed E-state index contributed by atoms with van der Waals surface area (Å²) in [5.74, 6) is 0.286. The molecule has 1 saturated heterocycles. The molecule has 0 bridgehead atoms. The average Bonchev–Trinajstić information content (AvgIpc) is 3.20. The van der Waals surface area contributed by atoms with E-state index in [0.29, 0.717) is 31.4 Å². The first-order chi connectivity index (χ1) is 16.3. The molecule has 2 heterocycles. The first-order valence-corrected chi connectivity index (χ1v) is 12.1. The molecule has 34 heavy (non-hydrogen) atoms. The third-order valence-corrected chi connectivity index (χ3v) is 6.26. The van der Waals surface area contributed by atoms with Crippen molar-refractivity contribution in [3.8, 4) is 5.75 Å². The number of allylic oxidation sites excluding steroid dienone is 2. The molecular weight excluding hydrogens is 436 g/mol. The van der Waals surface area contributed by atoms with Gasteiger partial charge in [0.25, 0.3) is 0 Å². The molecule has 1 fully saturated rings. The van der Waals surface area contributed by atoms with Crippen molar-refractivity contribution in [3.05, 3.63) is 33.9 Å². The summed E-state index contributed by atoms with van der Waals surface area (Å²) >= 11 is 0. The molecule has 188 valence electrons. The molecular formula is C26H38N2O6. The van der Waals surface area contributed by atoms with E-state index in [1.165, 1.54) is 0 Å². The zero-order valence-corrected chi connectivity index (χ0v) is 21.1. The van der Waals surface area contributed by atoms with Crippen LogP contribution in [-0.4, -0.2) is 69.4 Å². The molecule has 0 saturated carbocycles. The molecule has 0 radical (unpaired) electrons. The highest BCUT2D eigenvalue weighted by atomic mass is 16.5. The van der Waals surface area contributed by atoms with Gasteiger partial charge in [-0.25, -0.2) is 4.79 Å². The first kappa shape index (κ1) is 26.0. The number of benzene rings is 1. The maximum absolute atomic E-state index is 12.5. The lowest BCUT2D eigenvalue weighted by Crippen LogP contribution is -2.38. The molecule has 0 unspecified atom stereocenters. The fraction of sp³-hybridized carbons (Fsp3) is 0.615. The number of carbonyl (C=O) groups is 2. The van der Waals surface area contributed by atoms with Crippen molar-refractivity contribution in [2.75, 3.05) is 51.9 Å². The second-order valence-corrected chi connectivity index (χ2v) is 9.17. The summed E-state index contributed by atoms with van der Waals surface area (Å²) in [5.41, 5.74) is 5.22. The van der Waals surface area contributed by atoms with Gasteiger partial charge in [-0.05, 0) is 46.1 Å². The molecule has 0 amide bonds. The normalized spacial score (nSPS) is 16.4. The quantitative estimate of drug-likeness (QED) is 0.384. The highest BCUT2D eigenvalue weighted by Crippen LogP contribution is 2.41. The second kappa shape index (κ2) is 12.2. The zero-order chi connectivity index (χ0) is 24.7. The molecule has 1 N–H and O–H groups in total. The molecule has 0 spiro atoms. The Morgan fingerprint density at radius 3 is 2.65 bits per heavy atom. The summed E-state index contributed by atoms with van der Waals surface area (Å²) in [6.45, 7) is 12.7. The van der Waals surface area contributed by atoms with Crippen LogP contribution in [0.4, 0.5) is 5.69 Å². The summed E-state index contributed by atoms with van der Waals surface area (Å²) < 4.78 is 21.8. The maximum atomic E-state index is 12.5. The first-order valence-electron chi connectivity index (χ1n) is 12.1. The molecule has 1 aromatic carbocycles. The molecule has 3 rings (SSSR count). The number of morpholine rings is 1. The smallest absolute Gasteiger partial charge is 0.341 e. The fourth-order valence-electron chi connectivity index (χ4n) is 4.36. The number of nitrogens with one attached hydrogen (secondary N) is 1. The van der Waals surface area contributed by atoms with Gasteiger partial charge in [-0.1, -0.05) is 11.6 Å². The van der Waals surface area contributed by atoms with Crippen molar-refractivity contribution in [2.24, 2.45) is 0 Å². The molecule has 2 aliphatic rings. The molecule has 2 aliphatic heterocycles. The Bertz CT molecular complexity index is 919. The van der Waals surface area contributed by atoms with Crippen molar-refractivity contribution in [3.63, 3.8) is 0 Å². The SMILES string of the molecule is COc1c(C)c2c(c(NC(C)C)c1C/C=C(\C)CCC(=O)OCCN1CCOCC1)C(=O)OC2. The van der Waals surface area contributed by atoms with E-state index in [9.17, 15) is 9.59 Å². The van der Waals surface area contributed by atoms with Gasteiger partial charge in [0.15, 0.2) is 0 Å². The Kier molecular flexibility index (Phi) is 9.36. The largest absolute Gasteiger partial charge is 0.496 e. The number of cyclic esters (lactones) is 1. The van der Waals surface area contributed by atoms with Gasteiger partial charge >= 0.3 is 11.9 Å². The predicted molar refractivity (Wildman–Crippen MR) is 131 cm³/mol. The van der Waals surface area contributed by atoms with E-state index in [2.05, 4.69) is 16.3 Å². The zero-order valence-electron chi connectivity index (χ0n) is 21.1. The van der Waals surface area contributed by atoms with Crippen molar-refractivity contribution in [1.82, 2.24) is 4.90 Å². The van der Waals surface area contributed by atoms with Crippen LogP contribution in [0.15, 0.2) is 11.6 Å². The second-order valence-electron chi connectivity index (χ2n) is 9.17. The van der Waals surface area contributed by atoms with Gasteiger partial charge in [0.05, 0.1) is 31.6 Å². The predicted octanol–water partition coefficient (Wildman–Crippen LogP) is 3.64. The number of methoxy groups -OCH3 is 1. The molecule has 0 aromatic heterocycles. The minimum Gasteiger partial charge on any atom is -0.496 e. The molecule has 1 aromatic rings. The van der Waals surface area contributed by atoms with E-state index in [1.807, 2.05) is 27.7 Å². The Balaban J connectivity index is 1.63. The van der Waals surface area contributed by atoms with Crippen LogP contribution in [0.5, 0.6) is 5.75 Å². The number of anilines is 1. The fourth-order valence-corrected chi connectivity index (χ4v) is 4.36. The lowest BCUT2D eigenvalue weighted by atomic mass is 9.93. The highest BCUT2D eigenvalue weighted by molar-refractivity contribution is 6.01. The van der Waals surface area contributed by atoms with Crippen LogP contribution in [0.2, 0.25) is 0 Å². The van der Waals surface area contributed by atoms with Crippen LogP contribution in [0.1, 0.15) is 60.7 Å². The van der Waals surface area contributed by atoms with Crippen LogP contribution < -0.4 is 10.1 Å². The van der Waals surface area contributed by atoms with Crippen LogP contribution >= 0.6 is 0 Å². The van der Waals surface area contributed by atoms with Gasteiger partial charge in [0.1, 0.15) is 19.0 Å². The van der Waals surface area contributed by atoms with Gasteiger partial charge < -0.3 is 24.3 Å². The van der Waals surface area contributed by atoms with Crippen LogP contribution in [0.25, 0.3) is 0 Å². The number of nitrogens with zero attached hydrogens (tertiary/aromatic N) is 1. The van der Waals surface area contributed by atoms with E-state index >= 15 is 0 Å². The Morgan fingerprint density at radius 1 is 1.24 bits per heavy atom. The number of ether oxygens (including phenoxy) is 4. The highest BCUT2D eigenvalue weighted by Gasteiger charge is 2.32. The number of esters is 2. The van der Waals surface area contributed by atoms with Crippen molar-refractivity contribution in [1.29, 1.82) is 0 Å². The molecule has 0 aliphatic carbocycles. The van der Waals surface area contributed by atoms with Gasteiger partial charge in [0, 0.05) is 43.2 Å². The number of carbonyl (C=O) groups excluding carboxylic acids is 2. The summed E-state index contributed by atoms with van der Waals surface area (Å²) in [6, 6.07) is 0.140. The number of hydrogen-bond acceptors (Lipinski definition) is 8. The van der Waals surface area contributed by atoms with E-state index in [1.54, 1.807) is 7.11 Å². The summed E-state index contributed by atoms with van der Waals surface area (Å²) in [7, 11) is 1.65. The lowest BCUT2D eigenvalue weighted by molar-refractivity contribution is -0.144. The van der Waals surface area contributed by atoms with E-state index < -0.39 is 0 Å².